The Balaban J connectivity index is 1.23. The average molecular weight is 423 g/mol. The van der Waals surface area contributed by atoms with Gasteiger partial charge in [0.1, 0.15) is 0 Å². The molecule has 2 aliphatic rings. The standard InChI is InChI=1S/C23H30N6O2/c1-26(2)20-16-24-29(17-20)19-10-13-27(14-11-19)22(30)8-9-23(31)28-15-12-21(25-28)18-6-4-3-5-7-18/h3-7,16-17,19H,8-15H2,1-2H3. The average Bonchev–Trinajstić information content (AvgIpc) is 3.48. The van der Waals surface area contributed by atoms with E-state index in [0.717, 1.165) is 36.2 Å². The van der Waals surface area contributed by atoms with Crippen LogP contribution < -0.4 is 4.90 Å². The Hall–Kier alpha value is -3.16. The zero-order valence-corrected chi connectivity index (χ0v) is 18.3. The van der Waals surface area contributed by atoms with Crippen LogP contribution in [-0.4, -0.2) is 70.9 Å². The van der Waals surface area contributed by atoms with Gasteiger partial charge in [-0.05, 0) is 18.4 Å². The minimum atomic E-state index is -0.0816. The summed E-state index contributed by atoms with van der Waals surface area (Å²) in [7, 11) is 4.00. The molecule has 164 valence electrons. The van der Waals surface area contributed by atoms with Crippen molar-refractivity contribution < 1.29 is 9.59 Å². The predicted molar refractivity (Wildman–Crippen MR) is 120 cm³/mol. The lowest BCUT2D eigenvalue weighted by atomic mass is 10.0. The monoisotopic (exact) mass is 422 g/mol. The number of carbonyl (C=O) groups excluding carboxylic acids is 2. The van der Waals surface area contributed by atoms with Crippen LogP contribution in [0.1, 0.15) is 43.7 Å². The van der Waals surface area contributed by atoms with E-state index in [9.17, 15) is 9.59 Å². The van der Waals surface area contributed by atoms with Gasteiger partial charge >= 0.3 is 0 Å². The second kappa shape index (κ2) is 9.32. The van der Waals surface area contributed by atoms with E-state index in [-0.39, 0.29) is 24.7 Å². The molecule has 8 nitrogen and oxygen atoms in total. The molecule has 2 amide bonds. The van der Waals surface area contributed by atoms with E-state index in [1.807, 2.05) is 65.1 Å². The highest BCUT2D eigenvalue weighted by atomic mass is 16.2. The molecular weight excluding hydrogens is 392 g/mol. The van der Waals surface area contributed by atoms with Gasteiger partial charge in [0.25, 0.3) is 0 Å². The highest BCUT2D eigenvalue weighted by Gasteiger charge is 2.26. The van der Waals surface area contributed by atoms with Gasteiger partial charge in [-0.3, -0.25) is 14.3 Å². The van der Waals surface area contributed by atoms with Crippen LogP contribution in [0.3, 0.4) is 0 Å². The lowest BCUT2D eigenvalue weighted by Gasteiger charge is -2.32. The van der Waals surface area contributed by atoms with Crippen molar-refractivity contribution in [3.8, 4) is 0 Å². The van der Waals surface area contributed by atoms with Gasteiger partial charge in [0, 0.05) is 52.6 Å². The predicted octanol–water partition coefficient (Wildman–Crippen LogP) is 2.53. The molecule has 0 N–H and O–H groups in total. The third-order valence-corrected chi connectivity index (χ3v) is 6.05. The van der Waals surface area contributed by atoms with Gasteiger partial charge in [-0.1, -0.05) is 30.3 Å². The maximum atomic E-state index is 12.6. The maximum Gasteiger partial charge on any atom is 0.243 e. The Morgan fingerprint density at radius 2 is 1.74 bits per heavy atom. The molecule has 1 aromatic carbocycles. The van der Waals surface area contributed by atoms with E-state index in [2.05, 4.69) is 16.4 Å². The fraction of sp³-hybridized carbons (Fsp3) is 0.478. The first-order chi connectivity index (χ1) is 15.0. The number of hydrogen-bond donors (Lipinski definition) is 0. The summed E-state index contributed by atoms with van der Waals surface area (Å²) in [6.45, 7) is 1.99. The molecule has 1 saturated heterocycles. The van der Waals surface area contributed by atoms with Crippen LogP contribution in [0.25, 0.3) is 0 Å². The zero-order chi connectivity index (χ0) is 21.8. The number of piperidine rings is 1. The topological polar surface area (TPSA) is 74.0 Å². The maximum absolute atomic E-state index is 12.6. The number of carbonyl (C=O) groups is 2. The Morgan fingerprint density at radius 1 is 1.03 bits per heavy atom. The SMILES string of the molecule is CN(C)c1cnn(C2CCN(C(=O)CCC(=O)N3CCC(c4ccccc4)=N3)CC2)c1. The number of benzene rings is 1. The molecule has 0 bridgehead atoms. The van der Waals surface area contributed by atoms with Gasteiger partial charge in [0.15, 0.2) is 0 Å². The molecule has 0 aliphatic carbocycles. The molecule has 0 atom stereocenters. The summed E-state index contributed by atoms with van der Waals surface area (Å²) in [5, 5.41) is 10.5. The van der Waals surface area contributed by atoms with E-state index >= 15 is 0 Å². The Bertz CT molecular complexity index is 944. The van der Waals surface area contributed by atoms with Crippen molar-refractivity contribution in [1.29, 1.82) is 0 Å². The second-order valence-corrected chi connectivity index (χ2v) is 8.36. The van der Waals surface area contributed by atoms with E-state index in [4.69, 9.17) is 0 Å². The molecule has 4 rings (SSSR count). The largest absolute Gasteiger partial charge is 0.375 e. The van der Waals surface area contributed by atoms with Gasteiger partial charge < -0.3 is 9.80 Å². The highest BCUT2D eigenvalue weighted by molar-refractivity contribution is 6.02. The van der Waals surface area contributed by atoms with E-state index < -0.39 is 0 Å². The summed E-state index contributed by atoms with van der Waals surface area (Å²) in [6.07, 6.45) is 6.88. The van der Waals surface area contributed by atoms with Gasteiger partial charge in [-0.2, -0.15) is 10.2 Å². The summed E-state index contributed by atoms with van der Waals surface area (Å²) in [4.78, 5) is 29.1. The summed E-state index contributed by atoms with van der Waals surface area (Å²) < 4.78 is 2.01. The van der Waals surface area contributed by atoms with Crippen LogP contribution in [0, 0.1) is 0 Å². The van der Waals surface area contributed by atoms with Crippen molar-refractivity contribution in [2.75, 3.05) is 38.6 Å². The molecule has 0 unspecified atom stereocenters. The van der Waals surface area contributed by atoms with Gasteiger partial charge in [0.2, 0.25) is 11.8 Å². The Labute approximate surface area is 183 Å². The first-order valence-corrected chi connectivity index (χ1v) is 10.9. The molecule has 1 aromatic heterocycles. The number of hydrogen-bond acceptors (Lipinski definition) is 5. The molecular formula is C23H30N6O2. The quantitative estimate of drug-likeness (QED) is 0.717. The lowest BCUT2D eigenvalue weighted by molar-refractivity contribution is -0.137. The minimum Gasteiger partial charge on any atom is -0.375 e. The number of hydrazone groups is 1. The van der Waals surface area contributed by atoms with Crippen LogP contribution >= 0.6 is 0 Å². The first-order valence-electron chi connectivity index (χ1n) is 10.9. The van der Waals surface area contributed by atoms with Crippen molar-refractivity contribution in [3.05, 3.63) is 48.3 Å². The molecule has 3 heterocycles. The van der Waals surface area contributed by atoms with E-state index in [1.54, 1.807) is 0 Å². The normalized spacial score (nSPS) is 17.0. The second-order valence-electron chi connectivity index (χ2n) is 8.36. The summed E-state index contributed by atoms with van der Waals surface area (Å²) >= 11 is 0. The molecule has 2 aliphatic heterocycles. The highest BCUT2D eigenvalue weighted by Crippen LogP contribution is 2.24. The fourth-order valence-electron chi connectivity index (χ4n) is 4.11. The van der Waals surface area contributed by atoms with E-state index in [0.29, 0.717) is 25.7 Å². The van der Waals surface area contributed by atoms with E-state index in [1.165, 1.54) is 5.01 Å². The molecule has 2 aromatic rings. The molecule has 1 fully saturated rings. The van der Waals surface area contributed by atoms with Crippen molar-refractivity contribution >= 4 is 23.2 Å². The number of nitrogens with zero attached hydrogens (tertiary/aromatic N) is 6. The number of aromatic nitrogens is 2. The molecule has 31 heavy (non-hydrogen) atoms. The van der Waals surface area contributed by atoms with Gasteiger partial charge in [-0.25, -0.2) is 5.01 Å². The Morgan fingerprint density at radius 3 is 2.42 bits per heavy atom. The summed E-state index contributed by atoms with van der Waals surface area (Å²) in [5.41, 5.74) is 3.06. The van der Waals surface area contributed by atoms with Crippen LogP contribution in [-0.2, 0) is 9.59 Å². The summed E-state index contributed by atoms with van der Waals surface area (Å²) in [5.74, 6) is -0.0328. The van der Waals surface area contributed by atoms with Crippen LogP contribution in [0.15, 0.2) is 47.8 Å². The molecule has 8 heteroatoms. The van der Waals surface area contributed by atoms with Crippen LogP contribution in [0.5, 0.6) is 0 Å². The number of anilines is 1. The van der Waals surface area contributed by atoms with Gasteiger partial charge in [-0.15, -0.1) is 0 Å². The Kier molecular flexibility index (Phi) is 6.34. The van der Waals surface area contributed by atoms with Gasteiger partial charge in [0.05, 0.1) is 30.2 Å². The van der Waals surface area contributed by atoms with Crippen molar-refractivity contribution in [2.45, 2.75) is 38.1 Å². The first kappa shape index (κ1) is 21.1. The number of amides is 2. The molecule has 0 spiro atoms. The fourth-order valence-corrected chi connectivity index (χ4v) is 4.11. The lowest BCUT2D eigenvalue weighted by Crippen LogP contribution is -2.39. The number of rotatable bonds is 6. The van der Waals surface area contributed by atoms with Crippen molar-refractivity contribution in [1.82, 2.24) is 19.7 Å². The van der Waals surface area contributed by atoms with Crippen molar-refractivity contribution in [3.63, 3.8) is 0 Å². The smallest absolute Gasteiger partial charge is 0.243 e. The molecule has 0 radical (unpaired) electrons. The summed E-state index contributed by atoms with van der Waals surface area (Å²) in [6, 6.07) is 10.2. The van der Waals surface area contributed by atoms with Crippen molar-refractivity contribution in [2.24, 2.45) is 5.10 Å². The minimum absolute atomic E-state index is 0.0488. The molecule has 0 saturated carbocycles. The van der Waals surface area contributed by atoms with Crippen LogP contribution in [0.2, 0.25) is 0 Å². The van der Waals surface area contributed by atoms with Crippen LogP contribution in [0.4, 0.5) is 5.69 Å². The zero-order valence-electron chi connectivity index (χ0n) is 18.3. The third-order valence-electron chi connectivity index (χ3n) is 6.05. The number of likely N-dealkylation sites (tertiary alicyclic amines) is 1. The third kappa shape index (κ3) is 4.95.